The Labute approximate surface area is 105 Å². The van der Waals surface area contributed by atoms with Crippen LogP contribution in [0.15, 0.2) is 0 Å². The van der Waals surface area contributed by atoms with Crippen molar-refractivity contribution in [3.05, 3.63) is 0 Å². The van der Waals surface area contributed by atoms with Gasteiger partial charge in [0, 0.05) is 19.0 Å². The molecule has 3 heteroatoms. The normalized spacial score (nSPS) is 38.7. The Morgan fingerprint density at radius 2 is 1.71 bits per heavy atom. The molecule has 0 aromatic heterocycles. The van der Waals surface area contributed by atoms with E-state index in [0.29, 0.717) is 18.0 Å². The first-order valence-corrected chi connectivity index (χ1v) is 7.19. The monoisotopic (exact) mass is 238 g/mol. The molecule has 0 unspecified atom stereocenters. The quantitative estimate of drug-likeness (QED) is 0.775. The first-order chi connectivity index (χ1) is 8.16. The molecule has 3 N–H and O–H groups in total. The van der Waals surface area contributed by atoms with Crippen LogP contribution in [0.1, 0.15) is 58.3 Å². The van der Waals surface area contributed by atoms with Crippen molar-refractivity contribution in [3.63, 3.8) is 0 Å². The van der Waals surface area contributed by atoms with Gasteiger partial charge in [-0.2, -0.15) is 0 Å². The van der Waals surface area contributed by atoms with E-state index in [4.69, 9.17) is 5.73 Å². The summed E-state index contributed by atoms with van der Waals surface area (Å²) >= 11 is 0. The Morgan fingerprint density at radius 3 is 2.35 bits per heavy atom. The summed E-state index contributed by atoms with van der Waals surface area (Å²) in [5.41, 5.74) is 5.97. The number of nitrogens with one attached hydrogen (secondary N) is 1. The van der Waals surface area contributed by atoms with Crippen molar-refractivity contribution in [2.45, 2.75) is 70.4 Å². The number of carbonyl (C=O) groups is 1. The number of carbonyl (C=O) groups excluding carboxylic acids is 1. The molecule has 2 rings (SSSR count). The van der Waals surface area contributed by atoms with E-state index in [9.17, 15) is 4.79 Å². The molecule has 3 nitrogen and oxygen atoms in total. The van der Waals surface area contributed by atoms with Crippen molar-refractivity contribution < 1.29 is 4.79 Å². The van der Waals surface area contributed by atoms with Crippen molar-refractivity contribution in [3.8, 4) is 0 Å². The minimum absolute atomic E-state index is 0.134. The first-order valence-electron chi connectivity index (χ1n) is 7.19. The Bertz CT molecular complexity index is 259. The average Bonchev–Trinajstić information content (AvgIpc) is 2.30. The van der Waals surface area contributed by atoms with E-state index in [0.717, 1.165) is 5.92 Å². The van der Waals surface area contributed by atoms with Crippen molar-refractivity contribution in [2.75, 3.05) is 0 Å². The second-order valence-electron chi connectivity index (χ2n) is 5.93. The Hall–Kier alpha value is -0.570. The topological polar surface area (TPSA) is 55.1 Å². The Kier molecular flexibility index (Phi) is 4.43. The van der Waals surface area contributed by atoms with Gasteiger partial charge in [-0.1, -0.05) is 12.8 Å². The minimum atomic E-state index is 0.134. The predicted molar refractivity (Wildman–Crippen MR) is 69.5 cm³/mol. The van der Waals surface area contributed by atoms with Crippen LogP contribution < -0.4 is 11.1 Å². The third kappa shape index (κ3) is 3.44. The lowest BCUT2D eigenvalue weighted by Gasteiger charge is -2.40. The summed E-state index contributed by atoms with van der Waals surface area (Å²) < 4.78 is 0. The highest BCUT2D eigenvalue weighted by atomic mass is 16.1. The van der Waals surface area contributed by atoms with Crippen LogP contribution in [0.5, 0.6) is 0 Å². The second-order valence-corrected chi connectivity index (χ2v) is 5.93. The number of rotatable bonds is 2. The maximum atomic E-state index is 11.3. The van der Waals surface area contributed by atoms with Crippen molar-refractivity contribution in [1.29, 1.82) is 0 Å². The molecule has 17 heavy (non-hydrogen) atoms. The number of nitrogens with two attached hydrogens (primary N) is 1. The van der Waals surface area contributed by atoms with E-state index >= 15 is 0 Å². The Morgan fingerprint density at radius 1 is 1.06 bits per heavy atom. The van der Waals surface area contributed by atoms with Crippen LogP contribution in [0.2, 0.25) is 0 Å². The number of amides is 1. The van der Waals surface area contributed by atoms with Crippen molar-refractivity contribution in [2.24, 2.45) is 17.6 Å². The molecule has 1 amide bonds. The molecule has 98 valence electrons. The SMILES string of the molecule is CC(=O)N[C@@H]1CCCC[C@H]1C1CCC(N)CC1. The van der Waals surface area contributed by atoms with E-state index in [1.165, 1.54) is 51.4 Å². The summed E-state index contributed by atoms with van der Waals surface area (Å²) in [4.78, 5) is 11.3. The molecule has 2 aliphatic carbocycles. The van der Waals surface area contributed by atoms with E-state index in [1.807, 2.05) is 0 Å². The largest absolute Gasteiger partial charge is 0.353 e. The zero-order valence-corrected chi connectivity index (χ0v) is 11.0. The molecule has 0 aliphatic heterocycles. The summed E-state index contributed by atoms with van der Waals surface area (Å²) in [7, 11) is 0. The zero-order valence-electron chi connectivity index (χ0n) is 11.0. The molecule has 0 spiro atoms. The van der Waals surface area contributed by atoms with Gasteiger partial charge < -0.3 is 11.1 Å². The van der Waals surface area contributed by atoms with Crippen LogP contribution >= 0.6 is 0 Å². The van der Waals surface area contributed by atoms with Gasteiger partial charge in [-0.05, 0) is 50.4 Å². The average molecular weight is 238 g/mol. The molecule has 0 saturated heterocycles. The van der Waals surface area contributed by atoms with Gasteiger partial charge in [0.15, 0.2) is 0 Å². The van der Waals surface area contributed by atoms with E-state index in [-0.39, 0.29) is 5.91 Å². The van der Waals surface area contributed by atoms with Crippen LogP contribution in [0.3, 0.4) is 0 Å². The number of hydrogen-bond donors (Lipinski definition) is 2. The van der Waals surface area contributed by atoms with Gasteiger partial charge in [0.25, 0.3) is 0 Å². The summed E-state index contributed by atoms with van der Waals surface area (Å²) in [6.45, 7) is 1.64. The summed E-state index contributed by atoms with van der Waals surface area (Å²) in [6.07, 6.45) is 9.96. The molecule has 0 bridgehead atoms. The van der Waals surface area contributed by atoms with Crippen LogP contribution in [-0.2, 0) is 4.79 Å². The maximum Gasteiger partial charge on any atom is 0.217 e. The molecule has 2 saturated carbocycles. The fourth-order valence-corrected chi connectivity index (χ4v) is 3.74. The summed E-state index contributed by atoms with van der Waals surface area (Å²) in [5, 5.41) is 3.17. The number of hydrogen-bond acceptors (Lipinski definition) is 2. The summed E-state index contributed by atoms with van der Waals surface area (Å²) in [6, 6.07) is 0.856. The van der Waals surface area contributed by atoms with Crippen LogP contribution in [0.4, 0.5) is 0 Å². The van der Waals surface area contributed by atoms with Gasteiger partial charge in [0.05, 0.1) is 0 Å². The second kappa shape index (κ2) is 5.85. The highest BCUT2D eigenvalue weighted by molar-refractivity contribution is 5.73. The van der Waals surface area contributed by atoms with Crippen molar-refractivity contribution in [1.82, 2.24) is 5.32 Å². The highest BCUT2D eigenvalue weighted by Gasteiger charge is 2.33. The molecule has 2 atom stereocenters. The predicted octanol–water partition coefficient (Wildman–Crippen LogP) is 2.20. The van der Waals surface area contributed by atoms with Crippen LogP contribution in [0.25, 0.3) is 0 Å². The molecule has 0 heterocycles. The van der Waals surface area contributed by atoms with Gasteiger partial charge in [0.2, 0.25) is 5.91 Å². The van der Waals surface area contributed by atoms with Gasteiger partial charge in [-0.3, -0.25) is 4.79 Å². The molecule has 0 radical (unpaired) electrons. The molecule has 2 aliphatic rings. The van der Waals surface area contributed by atoms with Crippen LogP contribution in [-0.4, -0.2) is 18.0 Å². The Balaban J connectivity index is 1.93. The zero-order chi connectivity index (χ0) is 12.3. The highest BCUT2D eigenvalue weighted by Crippen LogP contribution is 2.38. The lowest BCUT2D eigenvalue weighted by atomic mass is 9.70. The molecular weight excluding hydrogens is 212 g/mol. The van der Waals surface area contributed by atoms with E-state index in [1.54, 1.807) is 6.92 Å². The lowest BCUT2D eigenvalue weighted by Crippen LogP contribution is -2.45. The summed E-state index contributed by atoms with van der Waals surface area (Å²) in [5.74, 6) is 1.64. The first kappa shape index (κ1) is 12.9. The molecule has 0 aromatic rings. The smallest absolute Gasteiger partial charge is 0.217 e. The third-order valence-corrected chi connectivity index (χ3v) is 4.63. The fourth-order valence-electron chi connectivity index (χ4n) is 3.74. The molecule has 2 fully saturated rings. The maximum absolute atomic E-state index is 11.3. The fraction of sp³-hybridized carbons (Fsp3) is 0.929. The third-order valence-electron chi connectivity index (χ3n) is 4.63. The van der Waals surface area contributed by atoms with Gasteiger partial charge in [-0.15, -0.1) is 0 Å². The van der Waals surface area contributed by atoms with Gasteiger partial charge in [-0.25, -0.2) is 0 Å². The standard InChI is InChI=1S/C14H26N2O/c1-10(17)16-14-5-3-2-4-13(14)11-6-8-12(15)9-7-11/h11-14H,2-9,15H2,1H3,(H,16,17)/t11?,12?,13-,14+/m0/s1. The van der Waals surface area contributed by atoms with E-state index < -0.39 is 0 Å². The van der Waals surface area contributed by atoms with Crippen LogP contribution in [0, 0.1) is 11.8 Å². The van der Waals surface area contributed by atoms with Crippen molar-refractivity contribution >= 4 is 5.91 Å². The molecule has 0 aromatic carbocycles. The van der Waals surface area contributed by atoms with Gasteiger partial charge in [0.1, 0.15) is 0 Å². The van der Waals surface area contributed by atoms with Gasteiger partial charge >= 0.3 is 0 Å². The molecular formula is C14H26N2O. The lowest BCUT2D eigenvalue weighted by molar-refractivity contribution is -0.120. The van der Waals surface area contributed by atoms with E-state index in [2.05, 4.69) is 5.32 Å². The minimum Gasteiger partial charge on any atom is -0.353 e.